The molecule has 1 aromatic rings. The van der Waals surface area contributed by atoms with Crippen molar-refractivity contribution < 1.29 is 29.9 Å². The van der Waals surface area contributed by atoms with Gasteiger partial charge in [-0.25, -0.2) is 0 Å². The minimum absolute atomic E-state index is 0.130. The fourth-order valence-electron chi connectivity index (χ4n) is 2.04. The highest BCUT2D eigenvalue weighted by molar-refractivity contribution is 5.17. The molecule has 0 unspecified atom stereocenters. The monoisotopic (exact) mass is 285 g/mol. The maximum Gasteiger partial charge on any atom is 0.190 e. The van der Waals surface area contributed by atoms with Crippen LogP contribution in [-0.4, -0.2) is 57.9 Å². The summed E-state index contributed by atoms with van der Waals surface area (Å²) in [5.41, 5.74) is 6.41. The van der Waals surface area contributed by atoms with Crippen molar-refractivity contribution in [2.24, 2.45) is 5.73 Å². The number of hydrogen-bond donors (Lipinski definition) is 5. The summed E-state index contributed by atoms with van der Waals surface area (Å²) in [6.45, 7) is 0.130. The summed E-state index contributed by atoms with van der Waals surface area (Å²) in [7, 11) is 0. The highest BCUT2D eigenvalue weighted by atomic mass is 16.7. The molecular formula is C13H19NO6. The molecule has 0 radical (unpaired) electrons. The van der Waals surface area contributed by atoms with Crippen molar-refractivity contribution in [1.82, 2.24) is 0 Å². The highest BCUT2D eigenvalue weighted by Crippen LogP contribution is 2.26. The van der Waals surface area contributed by atoms with Gasteiger partial charge in [0.2, 0.25) is 0 Å². The molecule has 7 nitrogen and oxygen atoms in total. The molecule has 2 rings (SSSR count). The topological polar surface area (TPSA) is 125 Å². The number of benzene rings is 1. The van der Waals surface area contributed by atoms with E-state index in [9.17, 15) is 20.4 Å². The first kappa shape index (κ1) is 15.3. The van der Waals surface area contributed by atoms with Crippen LogP contribution in [-0.2, 0) is 9.47 Å². The van der Waals surface area contributed by atoms with Gasteiger partial charge in [-0.05, 0) is 5.56 Å². The van der Waals surface area contributed by atoms with Crippen molar-refractivity contribution in [3.05, 3.63) is 35.9 Å². The standard InChI is InChI=1S/C13H19NO6/c14-6-8(7-4-2-1-3-5-7)19-13-11(17)9(15)10(16)12(18)20-13/h1-5,8-13,15-18H,6,14H2/t8-,9-,10-,11+,12-,13+/m0/s1. The molecule has 1 heterocycles. The molecule has 112 valence electrons. The Morgan fingerprint density at radius 3 is 2.30 bits per heavy atom. The lowest BCUT2D eigenvalue weighted by Gasteiger charge is -2.39. The van der Waals surface area contributed by atoms with Gasteiger partial charge in [-0.15, -0.1) is 0 Å². The van der Waals surface area contributed by atoms with E-state index >= 15 is 0 Å². The second-order valence-corrected chi connectivity index (χ2v) is 4.64. The fraction of sp³-hybridized carbons (Fsp3) is 0.538. The first-order valence-electron chi connectivity index (χ1n) is 6.32. The maximum absolute atomic E-state index is 9.81. The zero-order valence-electron chi connectivity index (χ0n) is 10.7. The number of rotatable bonds is 4. The molecule has 6 N–H and O–H groups in total. The molecule has 7 heteroatoms. The van der Waals surface area contributed by atoms with Crippen LogP contribution < -0.4 is 5.73 Å². The van der Waals surface area contributed by atoms with Crippen LogP contribution in [0.4, 0.5) is 0 Å². The zero-order chi connectivity index (χ0) is 14.7. The fourth-order valence-corrected chi connectivity index (χ4v) is 2.04. The molecule has 20 heavy (non-hydrogen) atoms. The van der Waals surface area contributed by atoms with Crippen molar-refractivity contribution in [2.45, 2.75) is 37.0 Å². The average molecular weight is 285 g/mol. The van der Waals surface area contributed by atoms with E-state index in [1.54, 1.807) is 12.1 Å². The van der Waals surface area contributed by atoms with Gasteiger partial charge in [0.25, 0.3) is 0 Å². The van der Waals surface area contributed by atoms with E-state index in [2.05, 4.69) is 0 Å². The van der Waals surface area contributed by atoms with Gasteiger partial charge in [0.05, 0.1) is 6.10 Å². The lowest BCUT2D eigenvalue weighted by molar-refractivity contribution is -0.348. The molecule has 0 saturated carbocycles. The lowest BCUT2D eigenvalue weighted by atomic mass is 10.0. The molecule has 1 aliphatic rings. The Morgan fingerprint density at radius 1 is 1.05 bits per heavy atom. The molecule has 0 spiro atoms. The van der Waals surface area contributed by atoms with E-state index < -0.39 is 37.0 Å². The van der Waals surface area contributed by atoms with Gasteiger partial charge in [-0.1, -0.05) is 30.3 Å². The summed E-state index contributed by atoms with van der Waals surface area (Å²) in [4.78, 5) is 0. The summed E-state index contributed by atoms with van der Waals surface area (Å²) < 4.78 is 10.5. The molecule has 1 fully saturated rings. The van der Waals surface area contributed by atoms with Crippen LogP contribution >= 0.6 is 0 Å². The van der Waals surface area contributed by atoms with Crippen LogP contribution in [0.15, 0.2) is 30.3 Å². The summed E-state index contributed by atoms with van der Waals surface area (Å²) in [5, 5.41) is 38.2. The van der Waals surface area contributed by atoms with Crippen LogP contribution in [0.3, 0.4) is 0 Å². The third-order valence-electron chi connectivity index (χ3n) is 3.23. The van der Waals surface area contributed by atoms with E-state index in [4.69, 9.17) is 15.2 Å². The quantitative estimate of drug-likeness (QED) is 0.454. The molecule has 1 aromatic carbocycles. The molecule has 1 saturated heterocycles. The Labute approximate surface area is 116 Å². The first-order chi connectivity index (χ1) is 9.54. The predicted octanol–water partition coefficient (Wildman–Crippen LogP) is -1.54. The summed E-state index contributed by atoms with van der Waals surface area (Å²) >= 11 is 0. The van der Waals surface area contributed by atoms with Crippen LogP contribution in [0.2, 0.25) is 0 Å². The summed E-state index contributed by atoms with van der Waals surface area (Å²) in [6, 6.07) is 9.07. The third kappa shape index (κ3) is 3.15. The molecular weight excluding hydrogens is 266 g/mol. The average Bonchev–Trinajstić information content (AvgIpc) is 2.48. The van der Waals surface area contributed by atoms with Crippen molar-refractivity contribution in [1.29, 1.82) is 0 Å². The second kappa shape index (κ2) is 6.59. The number of aliphatic hydroxyl groups is 4. The zero-order valence-corrected chi connectivity index (χ0v) is 10.7. The largest absolute Gasteiger partial charge is 0.387 e. The smallest absolute Gasteiger partial charge is 0.190 e. The Bertz CT molecular complexity index is 417. The highest BCUT2D eigenvalue weighted by Gasteiger charge is 2.44. The molecule has 1 aliphatic heterocycles. The minimum atomic E-state index is -1.63. The SMILES string of the molecule is NC[C@H](O[C@@H]1O[C@H](O)[C@@H](O)[C@H](O)[C@H]1O)c1ccccc1. The van der Waals surface area contributed by atoms with E-state index in [1.807, 2.05) is 18.2 Å². The summed E-state index contributed by atoms with van der Waals surface area (Å²) in [5.74, 6) is 0. The molecule has 6 atom stereocenters. The second-order valence-electron chi connectivity index (χ2n) is 4.64. The number of nitrogens with two attached hydrogens (primary N) is 1. The molecule has 0 aliphatic carbocycles. The summed E-state index contributed by atoms with van der Waals surface area (Å²) in [6.07, 6.45) is -8.10. The van der Waals surface area contributed by atoms with E-state index in [0.717, 1.165) is 5.56 Å². The normalized spacial score (nSPS) is 35.8. The van der Waals surface area contributed by atoms with Gasteiger partial charge in [-0.2, -0.15) is 0 Å². The minimum Gasteiger partial charge on any atom is -0.387 e. The van der Waals surface area contributed by atoms with Crippen molar-refractivity contribution >= 4 is 0 Å². The van der Waals surface area contributed by atoms with Gasteiger partial charge in [0, 0.05) is 6.54 Å². The Hall–Kier alpha value is -1.06. The molecule has 0 aromatic heterocycles. The number of hydrogen-bond acceptors (Lipinski definition) is 7. The maximum atomic E-state index is 9.81. The Morgan fingerprint density at radius 2 is 1.70 bits per heavy atom. The van der Waals surface area contributed by atoms with Gasteiger partial charge in [-0.3, -0.25) is 0 Å². The van der Waals surface area contributed by atoms with E-state index in [1.165, 1.54) is 0 Å². The van der Waals surface area contributed by atoms with Crippen LogP contribution in [0.1, 0.15) is 11.7 Å². The van der Waals surface area contributed by atoms with Crippen LogP contribution in [0.25, 0.3) is 0 Å². The van der Waals surface area contributed by atoms with Crippen LogP contribution in [0.5, 0.6) is 0 Å². The van der Waals surface area contributed by atoms with Gasteiger partial charge >= 0.3 is 0 Å². The molecule has 0 amide bonds. The third-order valence-corrected chi connectivity index (χ3v) is 3.23. The van der Waals surface area contributed by atoms with E-state index in [0.29, 0.717) is 0 Å². The van der Waals surface area contributed by atoms with Crippen molar-refractivity contribution in [2.75, 3.05) is 6.54 Å². The number of ether oxygens (including phenoxy) is 2. The predicted molar refractivity (Wildman–Crippen MR) is 68.2 cm³/mol. The first-order valence-corrected chi connectivity index (χ1v) is 6.32. The van der Waals surface area contributed by atoms with Gasteiger partial charge < -0.3 is 35.6 Å². The van der Waals surface area contributed by atoms with E-state index in [-0.39, 0.29) is 6.54 Å². The lowest BCUT2D eigenvalue weighted by Crippen LogP contribution is -2.58. The van der Waals surface area contributed by atoms with Crippen molar-refractivity contribution in [3.63, 3.8) is 0 Å². The van der Waals surface area contributed by atoms with Gasteiger partial charge in [0.1, 0.15) is 18.3 Å². The Kier molecular flexibility index (Phi) is 5.06. The molecule has 0 bridgehead atoms. The van der Waals surface area contributed by atoms with Gasteiger partial charge in [0.15, 0.2) is 12.6 Å². The Balaban J connectivity index is 2.08. The number of aliphatic hydroxyl groups excluding tert-OH is 4. The van der Waals surface area contributed by atoms with Crippen LogP contribution in [0, 0.1) is 0 Å². The van der Waals surface area contributed by atoms with Crippen molar-refractivity contribution in [3.8, 4) is 0 Å².